The minimum atomic E-state index is -0.469. The minimum absolute atomic E-state index is 0.331. The molecule has 2 aliphatic heterocycles. The number of benzene rings is 2. The van der Waals surface area contributed by atoms with E-state index in [2.05, 4.69) is 58.3 Å². The van der Waals surface area contributed by atoms with Gasteiger partial charge < -0.3 is 9.64 Å². The van der Waals surface area contributed by atoms with Crippen LogP contribution in [0.3, 0.4) is 0 Å². The summed E-state index contributed by atoms with van der Waals surface area (Å²) in [7, 11) is 0. The average Bonchev–Trinajstić information content (AvgIpc) is 3.33. The lowest BCUT2D eigenvalue weighted by Gasteiger charge is -2.42. The van der Waals surface area contributed by atoms with Crippen LogP contribution in [0.1, 0.15) is 47.4 Å². The number of morpholine rings is 1. The molecule has 4 heteroatoms. The van der Waals surface area contributed by atoms with Gasteiger partial charge in [0.1, 0.15) is 5.41 Å². The SMILES string of the molecule is O=C(N1CCC(N2CCOCC2)CC1)C12CC(c3ccccc31)c1ccccc12. The van der Waals surface area contributed by atoms with Crippen molar-refractivity contribution >= 4 is 5.91 Å². The average molecular weight is 389 g/mol. The molecule has 6 rings (SSSR count). The number of hydrogen-bond acceptors (Lipinski definition) is 3. The van der Waals surface area contributed by atoms with E-state index in [0.717, 1.165) is 58.7 Å². The van der Waals surface area contributed by atoms with Gasteiger partial charge in [0.05, 0.1) is 13.2 Å². The van der Waals surface area contributed by atoms with Gasteiger partial charge in [0.25, 0.3) is 0 Å². The van der Waals surface area contributed by atoms with Gasteiger partial charge in [-0.25, -0.2) is 0 Å². The summed E-state index contributed by atoms with van der Waals surface area (Å²) in [5.41, 5.74) is 4.77. The fraction of sp³-hybridized carbons (Fsp3) is 0.480. The Morgan fingerprint density at radius 3 is 2.07 bits per heavy atom. The van der Waals surface area contributed by atoms with E-state index in [4.69, 9.17) is 4.74 Å². The molecule has 29 heavy (non-hydrogen) atoms. The normalized spacial score (nSPS) is 29.0. The van der Waals surface area contributed by atoms with Crippen molar-refractivity contribution < 1.29 is 9.53 Å². The summed E-state index contributed by atoms with van der Waals surface area (Å²) in [6.45, 7) is 5.50. The predicted molar refractivity (Wildman–Crippen MR) is 112 cm³/mol. The lowest BCUT2D eigenvalue weighted by Crippen LogP contribution is -2.53. The van der Waals surface area contributed by atoms with Gasteiger partial charge in [-0.15, -0.1) is 0 Å². The van der Waals surface area contributed by atoms with E-state index in [0.29, 0.717) is 17.9 Å². The summed E-state index contributed by atoms with van der Waals surface area (Å²) in [6, 6.07) is 17.9. The Kier molecular flexibility index (Phi) is 4.07. The first-order valence-corrected chi connectivity index (χ1v) is 11.1. The third kappa shape index (κ3) is 2.48. The van der Waals surface area contributed by atoms with Gasteiger partial charge in [0.2, 0.25) is 5.91 Å². The molecule has 2 saturated heterocycles. The first kappa shape index (κ1) is 17.7. The van der Waals surface area contributed by atoms with E-state index in [9.17, 15) is 4.79 Å². The molecule has 0 aromatic heterocycles. The van der Waals surface area contributed by atoms with E-state index < -0.39 is 5.41 Å². The maximum atomic E-state index is 14.1. The van der Waals surface area contributed by atoms with Crippen molar-refractivity contribution in [3.8, 4) is 0 Å². The minimum Gasteiger partial charge on any atom is -0.379 e. The van der Waals surface area contributed by atoms with E-state index in [1.54, 1.807) is 0 Å². The Morgan fingerprint density at radius 2 is 1.45 bits per heavy atom. The molecule has 2 bridgehead atoms. The van der Waals surface area contributed by atoms with Crippen LogP contribution in [0.25, 0.3) is 0 Å². The maximum absolute atomic E-state index is 14.1. The molecule has 2 heterocycles. The summed E-state index contributed by atoms with van der Waals surface area (Å²) >= 11 is 0. The van der Waals surface area contributed by atoms with Gasteiger partial charge in [-0.05, 0) is 41.5 Å². The van der Waals surface area contributed by atoms with Crippen molar-refractivity contribution in [1.29, 1.82) is 0 Å². The van der Waals surface area contributed by atoms with Crippen molar-refractivity contribution in [2.24, 2.45) is 0 Å². The second kappa shape index (κ2) is 6.68. The van der Waals surface area contributed by atoms with Gasteiger partial charge in [-0.1, -0.05) is 48.5 Å². The molecular formula is C25H28N2O2. The molecule has 0 spiro atoms. The van der Waals surface area contributed by atoms with E-state index in [-0.39, 0.29) is 0 Å². The van der Waals surface area contributed by atoms with Crippen LogP contribution >= 0.6 is 0 Å². The highest BCUT2D eigenvalue weighted by atomic mass is 16.5. The van der Waals surface area contributed by atoms with Crippen molar-refractivity contribution in [3.63, 3.8) is 0 Å². The number of nitrogens with zero attached hydrogens (tertiary/aromatic N) is 2. The second-order valence-corrected chi connectivity index (χ2v) is 9.01. The molecule has 4 aliphatic rings. The number of hydrogen-bond donors (Lipinski definition) is 0. The van der Waals surface area contributed by atoms with Crippen LogP contribution < -0.4 is 0 Å². The largest absolute Gasteiger partial charge is 0.379 e. The number of carbonyl (C=O) groups is 1. The highest BCUT2D eigenvalue weighted by Gasteiger charge is 2.58. The van der Waals surface area contributed by atoms with E-state index in [1.807, 2.05) is 0 Å². The summed E-state index contributed by atoms with van der Waals surface area (Å²) < 4.78 is 5.51. The zero-order valence-electron chi connectivity index (χ0n) is 16.8. The number of carbonyl (C=O) groups excluding carboxylic acids is 1. The van der Waals surface area contributed by atoms with Crippen LogP contribution in [-0.2, 0) is 14.9 Å². The molecule has 2 aliphatic carbocycles. The monoisotopic (exact) mass is 388 g/mol. The topological polar surface area (TPSA) is 32.8 Å². The molecule has 0 unspecified atom stereocenters. The Morgan fingerprint density at radius 1 is 0.862 bits per heavy atom. The molecule has 2 fully saturated rings. The van der Waals surface area contributed by atoms with Gasteiger partial charge in [-0.3, -0.25) is 9.69 Å². The van der Waals surface area contributed by atoms with E-state index >= 15 is 0 Å². The molecule has 0 atom stereocenters. The summed E-state index contributed by atoms with van der Waals surface area (Å²) in [6.07, 6.45) is 3.07. The highest BCUT2D eigenvalue weighted by molar-refractivity contribution is 5.96. The Hall–Kier alpha value is -2.17. The van der Waals surface area contributed by atoms with Crippen LogP contribution in [0, 0.1) is 0 Å². The molecule has 0 N–H and O–H groups in total. The number of fused-ring (bicyclic) bond motifs is 8. The number of likely N-dealkylation sites (tertiary alicyclic amines) is 1. The third-order valence-corrected chi connectivity index (χ3v) is 7.78. The van der Waals surface area contributed by atoms with Gasteiger partial charge in [0, 0.05) is 38.1 Å². The quantitative estimate of drug-likeness (QED) is 0.792. The zero-order valence-corrected chi connectivity index (χ0v) is 16.8. The predicted octanol–water partition coefficient (Wildman–Crippen LogP) is 3.14. The Bertz CT molecular complexity index is 894. The lowest BCUT2D eigenvalue weighted by molar-refractivity contribution is -0.137. The molecular weight excluding hydrogens is 360 g/mol. The first-order valence-electron chi connectivity index (χ1n) is 11.1. The Labute approximate surface area is 172 Å². The zero-order chi connectivity index (χ0) is 19.4. The summed E-state index contributed by atoms with van der Waals surface area (Å²) in [4.78, 5) is 18.8. The fourth-order valence-electron chi connectivity index (χ4n) is 6.40. The van der Waals surface area contributed by atoms with Crippen molar-refractivity contribution in [2.75, 3.05) is 39.4 Å². The molecule has 2 aromatic rings. The number of rotatable bonds is 2. The molecule has 4 nitrogen and oxygen atoms in total. The summed E-state index contributed by atoms with van der Waals surface area (Å²) in [5, 5.41) is 0. The number of ether oxygens (including phenoxy) is 1. The van der Waals surface area contributed by atoms with Gasteiger partial charge >= 0.3 is 0 Å². The number of amides is 1. The van der Waals surface area contributed by atoms with Crippen LogP contribution in [0.4, 0.5) is 0 Å². The second-order valence-electron chi connectivity index (χ2n) is 9.01. The molecule has 2 aromatic carbocycles. The van der Waals surface area contributed by atoms with Crippen LogP contribution in [0.5, 0.6) is 0 Å². The lowest BCUT2D eigenvalue weighted by atomic mass is 9.74. The molecule has 0 saturated carbocycles. The van der Waals surface area contributed by atoms with Crippen molar-refractivity contribution in [1.82, 2.24) is 9.80 Å². The van der Waals surface area contributed by atoms with E-state index in [1.165, 1.54) is 22.3 Å². The molecule has 0 radical (unpaired) electrons. The van der Waals surface area contributed by atoms with Crippen LogP contribution in [-0.4, -0.2) is 61.1 Å². The Balaban J connectivity index is 1.30. The number of piperidine rings is 1. The van der Waals surface area contributed by atoms with Crippen molar-refractivity contribution in [3.05, 3.63) is 70.8 Å². The third-order valence-electron chi connectivity index (χ3n) is 7.78. The van der Waals surface area contributed by atoms with Gasteiger partial charge in [0.15, 0.2) is 0 Å². The standard InChI is InChI=1S/C25H28N2O2/c28-24(27-11-9-18(10-12-27)26-13-15-29-16-14-26)25-17-21(19-5-1-3-7-22(19)25)20-6-2-4-8-23(20)25/h1-8,18,21H,9-17H2. The smallest absolute Gasteiger partial charge is 0.237 e. The molecule has 150 valence electrons. The first-order chi connectivity index (χ1) is 14.3. The van der Waals surface area contributed by atoms with Crippen LogP contribution in [0.2, 0.25) is 0 Å². The molecule has 1 amide bonds. The fourth-order valence-corrected chi connectivity index (χ4v) is 6.40. The highest BCUT2D eigenvalue weighted by Crippen LogP contribution is 2.60. The summed E-state index contributed by atoms with van der Waals surface area (Å²) in [5.74, 6) is 0.704. The van der Waals surface area contributed by atoms with Gasteiger partial charge in [-0.2, -0.15) is 0 Å². The van der Waals surface area contributed by atoms with Crippen LogP contribution in [0.15, 0.2) is 48.5 Å². The maximum Gasteiger partial charge on any atom is 0.237 e. The van der Waals surface area contributed by atoms with Crippen molar-refractivity contribution in [2.45, 2.75) is 36.6 Å².